The van der Waals surface area contributed by atoms with Crippen molar-refractivity contribution in [2.75, 3.05) is 13.1 Å². The van der Waals surface area contributed by atoms with Crippen molar-refractivity contribution < 1.29 is 9.90 Å². The van der Waals surface area contributed by atoms with Crippen LogP contribution in [0, 0.1) is 12.8 Å². The standard InChI is InChI=1S/C24H25NO2S/c1-17-14-22(28-16-17)23(25-13-5-8-21(15-25)24(26)27)20-11-9-19(10-12-20)18-6-3-2-4-7-18/h2-4,6-7,9-12,14,16,21,23H,5,8,13,15H2,1H3,(H,26,27). The van der Waals surface area contributed by atoms with Gasteiger partial charge in [0.2, 0.25) is 0 Å². The van der Waals surface area contributed by atoms with E-state index >= 15 is 0 Å². The topological polar surface area (TPSA) is 40.5 Å². The van der Waals surface area contributed by atoms with Crippen LogP contribution in [-0.2, 0) is 4.79 Å². The van der Waals surface area contributed by atoms with Crippen LogP contribution < -0.4 is 0 Å². The number of likely N-dealkylation sites (tertiary alicyclic amines) is 1. The molecule has 0 aliphatic carbocycles. The summed E-state index contributed by atoms with van der Waals surface area (Å²) >= 11 is 1.77. The summed E-state index contributed by atoms with van der Waals surface area (Å²) in [6, 6.07) is 21.5. The van der Waals surface area contributed by atoms with E-state index in [1.165, 1.54) is 27.1 Å². The van der Waals surface area contributed by atoms with Gasteiger partial charge in [0.25, 0.3) is 0 Å². The summed E-state index contributed by atoms with van der Waals surface area (Å²) in [7, 11) is 0. The maximum Gasteiger partial charge on any atom is 0.307 e. The molecule has 1 N–H and O–H groups in total. The minimum absolute atomic E-state index is 0.116. The van der Waals surface area contributed by atoms with Gasteiger partial charge in [0.05, 0.1) is 12.0 Å². The summed E-state index contributed by atoms with van der Waals surface area (Å²) in [5.41, 5.74) is 4.90. The van der Waals surface area contributed by atoms with Gasteiger partial charge in [-0.1, -0.05) is 54.6 Å². The number of benzene rings is 2. The summed E-state index contributed by atoms with van der Waals surface area (Å²) < 4.78 is 0. The summed E-state index contributed by atoms with van der Waals surface area (Å²) in [4.78, 5) is 15.2. The van der Waals surface area contributed by atoms with Gasteiger partial charge in [-0.3, -0.25) is 9.69 Å². The van der Waals surface area contributed by atoms with Gasteiger partial charge in [-0.2, -0.15) is 0 Å². The second-order valence-corrected chi connectivity index (χ2v) is 8.53. The number of piperidine rings is 1. The van der Waals surface area contributed by atoms with Crippen LogP contribution in [0.15, 0.2) is 66.0 Å². The van der Waals surface area contributed by atoms with Crippen LogP contribution in [0.3, 0.4) is 0 Å². The number of rotatable bonds is 5. The molecule has 0 spiro atoms. The number of carbonyl (C=O) groups is 1. The first kappa shape index (κ1) is 18.9. The minimum atomic E-state index is -0.676. The van der Waals surface area contributed by atoms with Crippen molar-refractivity contribution in [3.63, 3.8) is 0 Å². The van der Waals surface area contributed by atoms with Crippen molar-refractivity contribution in [3.8, 4) is 11.1 Å². The van der Waals surface area contributed by atoms with E-state index in [0.29, 0.717) is 6.54 Å². The molecular formula is C24H25NO2S. The Morgan fingerprint density at radius 3 is 2.46 bits per heavy atom. The first-order chi connectivity index (χ1) is 13.6. The lowest BCUT2D eigenvalue weighted by Crippen LogP contribution is -2.41. The molecule has 3 aromatic rings. The predicted molar refractivity (Wildman–Crippen MR) is 115 cm³/mol. The van der Waals surface area contributed by atoms with Crippen molar-refractivity contribution in [1.29, 1.82) is 0 Å². The number of hydrogen-bond donors (Lipinski definition) is 1. The van der Waals surface area contributed by atoms with Gasteiger partial charge >= 0.3 is 5.97 Å². The van der Waals surface area contributed by atoms with E-state index in [2.05, 4.69) is 71.8 Å². The van der Waals surface area contributed by atoms with Crippen LogP contribution in [-0.4, -0.2) is 29.1 Å². The van der Waals surface area contributed by atoms with Gasteiger partial charge in [-0.25, -0.2) is 0 Å². The first-order valence-electron chi connectivity index (χ1n) is 9.79. The number of thiophene rings is 1. The van der Waals surface area contributed by atoms with Crippen LogP contribution in [0.4, 0.5) is 0 Å². The molecule has 1 aromatic heterocycles. The Morgan fingerprint density at radius 2 is 1.82 bits per heavy atom. The Morgan fingerprint density at radius 1 is 1.11 bits per heavy atom. The molecule has 0 amide bonds. The predicted octanol–water partition coefficient (Wildman–Crippen LogP) is 5.61. The Bertz CT molecular complexity index is 933. The molecule has 28 heavy (non-hydrogen) atoms. The van der Waals surface area contributed by atoms with Gasteiger partial charge in [0.1, 0.15) is 0 Å². The Labute approximate surface area is 170 Å². The number of carboxylic acids is 1. The fourth-order valence-corrected chi connectivity index (χ4v) is 5.14. The average molecular weight is 392 g/mol. The summed E-state index contributed by atoms with van der Waals surface area (Å²) in [5, 5.41) is 11.7. The van der Waals surface area contributed by atoms with Gasteiger partial charge in [0.15, 0.2) is 0 Å². The van der Waals surface area contributed by atoms with Gasteiger partial charge < -0.3 is 5.11 Å². The summed E-state index contributed by atoms with van der Waals surface area (Å²) in [5.74, 6) is -0.953. The van der Waals surface area contributed by atoms with Crippen LogP contribution >= 0.6 is 11.3 Å². The Hall–Kier alpha value is -2.43. The quantitative estimate of drug-likeness (QED) is 0.614. The van der Waals surface area contributed by atoms with E-state index in [1.54, 1.807) is 11.3 Å². The third-order valence-corrected chi connectivity index (χ3v) is 6.62. The maximum absolute atomic E-state index is 11.6. The van der Waals surface area contributed by atoms with Crippen molar-refractivity contribution in [2.24, 2.45) is 5.92 Å². The SMILES string of the molecule is Cc1csc(C(c2ccc(-c3ccccc3)cc2)N2CCCC(C(=O)O)C2)c1. The van der Waals surface area contributed by atoms with E-state index < -0.39 is 5.97 Å². The van der Waals surface area contributed by atoms with Crippen molar-refractivity contribution in [3.05, 3.63) is 82.0 Å². The van der Waals surface area contributed by atoms with Gasteiger partial charge in [-0.05, 0) is 60.0 Å². The molecular weight excluding hydrogens is 366 g/mol. The minimum Gasteiger partial charge on any atom is -0.481 e. The number of nitrogens with zero attached hydrogens (tertiary/aromatic N) is 1. The average Bonchev–Trinajstić information content (AvgIpc) is 3.15. The Balaban J connectivity index is 1.67. The van der Waals surface area contributed by atoms with E-state index in [0.717, 1.165) is 19.4 Å². The van der Waals surface area contributed by atoms with Crippen LogP contribution in [0.25, 0.3) is 11.1 Å². The van der Waals surface area contributed by atoms with E-state index in [4.69, 9.17) is 0 Å². The highest BCUT2D eigenvalue weighted by atomic mass is 32.1. The molecule has 1 aliphatic heterocycles. The molecule has 2 atom stereocenters. The number of aliphatic carboxylic acids is 1. The molecule has 0 saturated carbocycles. The van der Waals surface area contributed by atoms with Crippen LogP contribution in [0.1, 0.15) is 34.9 Å². The van der Waals surface area contributed by atoms with Gasteiger partial charge in [-0.15, -0.1) is 11.3 Å². The van der Waals surface area contributed by atoms with Crippen molar-refractivity contribution in [1.82, 2.24) is 4.90 Å². The van der Waals surface area contributed by atoms with E-state index in [9.17, 15) is 9.90 Å². The van der Waals surface area contributed by atoms with Crippen molar-refractivity contribution >= 4 is 17.3 Å². The van der Waals surface area contributed by atoms with Crippen LogP contribution in [0.5, 0.6) is 0 Å². The molecule has 1 saturated heterocycles. The molecule has 3 nitrogen and oxygen atoms in total. The number of hydrogen-bond acceptors (Lipinski definition) is 3. The lowest BCUT2D eigenvalue weighted by Gasteiger charge is -2.37. The molecule has 2 heterocycles. The highest BCUT2D eigenvalue weighted by Crippen LogP contribution is 2.36. The Kier molecular flexibility index (Phi) is 5.60. The second-order valence-electron chi connectivity index (χ2n) is 7.59. The third-order valence-electron chi connectivity index (χ3n) is 5.52. The number of aryl methyl sites for hydroxylation is 1. The van der Waals surface area contributed by atoms with Crippen molar-refractivity contribution in [2.45, 2.75) is 25.8 Å². The van der Waals surface area contributed by atoms with Gasteiger partial charge in [0, 0.05) is 11.4 Å². The van der Waals surface area contributed by atoms with E-state index in [1.807, 2.05) is 6.07 Å². The normalized spacial score (nSPS) is 18.7. The van der Waals surface area contributed by atoms with Crippen LogP contribution in [0.2, 0.25) is 0 Å². The molecule has 1 fully saturated rings. The highest BCUT2D eigenvalue weighted by Gasteiger charge is 2.31. The largest absolute Gasteiger partial charge is 0.481 e. The van der Waals surface area contributed by atoms with E-state index in [-0.39, 0.29) is 12.0 Å². The summed E-state index contributed by atoms with van der Waals surface area (Å²) in [6.45, 7) is 3.66. The first-order valence-corrected chi connectivity index (χ1v) is 10.7. The molecule has 4 rings (SSSR count). The lowest BCUT2D eigenvalue weighted by molar-refractivity contribution is -0.143. The number of carboxylic acid groups (broad SMARTS) is 1. The fourth-order valence-electron chi connectivity index (χ4n) is 4.08. The summed E-state index contributed by atoms with van der Waals surface area (Å²) in [6.07, 6.45) is 1.70. The maximum atomic E-state index is 11.6. The fraction of sp³-hybridized carbons (Fsp3) is 0.292. The zero-order valence-electron chi connectivity index (χ0n) is 16.0. The molecule has 4 heteroatoms. The molecule has 0 bridgehead atoms. The molecule has 1 aliphatic rings. The zero-order chi connectivity index (χ0) is 19.5. The highest BCUT2D eigenvalue weighted by molar-refractivity contribution is 7.10. The molecule has 144 valence electrons. The lowest BCUT2D eigenvalue weighted by atomic mass is 9.93. The molecule has 2 aromatic carbocycles. The monoisotopic (exact) mass is 391 g/mol. The zero-order valence-corrected chi connectivity index (χ0v) is 16.9. The second kappa shape index (κ2) is 8.29. The molecule has 0 radical (unpaired) electrons. The smallest absolute Gasteiger partial charge is 0.307 e. The molecule has 2 unspecified atom stereocenters. The third kappa shape index (κ3) is 4.03.